The number of nitrogens with zero attached hydrogens (tertiary/aromatic N) is 1. The first-order valence-corrected chi connectivity index (χ1v) is 5.43. The minimum absolute atomic E-state index is 0.480. The van der Waals surface area contributed by atoms with Gasteiger partial charge in [0.1, 0.15) is 5.15 Å². The van der Waals surface area contributed by atoms with Crippen molar-refractivity contribution in [1.29, 1.82) is 0 Å². The van der Waals surface area contributed by atoms with Crippen LogP contribution in [-0.4, -0.2) is 10.1 Å². The molecule has 14 heavy (non-hydrogen) atoms. The molecule has 1 saturated carbocycles. The van der Waals surface area contributed by atoms with Gasteiger partial charge in [0.05, 0.1) is 5.60 Å². The SMILES string of the molecule is OC1(c2ccc(Cl)nc2)CCCCC1. The van der Waals surface area contributed by atoms with E-state index in [9.17, 15) is 5.11 Å². The number of hydrogen-bond acceptors (Lipinski definition) is 2. The molecule has 0 saturated heterocycles. The predicted octanol–water partition coefficient (Wildman–Crippen LogP) is 2.89. The van der Waals surface area contributed by atoms with Gasteiger partial charge >= 0.3 is 0 Å². The second-order valence-electron chi connectivity index (χ2n) is 3.96. The number of pyridine rings is 1. The van der Waals surface area contributed by atoms with E-state index in [1.807, 2.05) is 6.07 Å². The first-order valence-electron chi connectivity index (χ1n) is 5.05. The third kappa shape index (κ3) is 1.91. The molecule has 2 rings (SSSR count). The number of aliphatic hydroxyl groups is 1. The molecule has 0 bridgehead atoms. The van der Waals surface area contributed by atoms with Crippen molar-refractivity contribution in [2.24, 2.45) is 0 Å². The molecule has 1 fully saturated rings. The van der Waals surface area contributed by atoms with Gasteiger partial charge in [-0.1, -0.05) is 36.9 Å². The van der Waals surface area contributed by atoms with Gasteiger partial charge in [0.25, 0.3) is 0 Å². The summed E-state index contributed by atoms with van der Waals surface area (Å²) in [7, 11) is 0. The Bertz CT molecular complexity index is 304. The Hall–Kier alpha value is -0.600. The number of aromatic nitrogens is 1. The first kappa shape index (κ1) is 9.94. The number of rotatable bonds is 1. The van der Waals surface area contributed by atoms with Crippen molar-refractivity contribution in [1.82, 2.24) is 4.98 Å². The third-order valence-corrected chi connectivity index (χ3v) is 3.17. The van der Waals surface area contributed by atoms with E-state index >= 15 is 0 Å². The molecular weight excluding hydrogens is 198 g/mol. The van der Waals surface area contributed by atoms with Crippen LogP contribution in [0.15, 0.2) is 18.3 Å². The Kier molecular flexibility index (Phi) is 2.75. The van der Waals surface area contributed by atoms with E-state index in [0.717, 1.165) is 31.2 Å². The van der Waals surface area contributed by atoms with Crippen molar-refractivity contribution in [2.45, 2.75) is 37.7 Å². The molecule has 1 aliphatic carbocycles. The number of halogens is 1. The molecule has 1 N–H and O–H groups in total. The van der Waals surface area contributed by atoms with Crippen molar-refractivity contribution >= 4 is 11.6 Å². The lowest BCUT2D eigenvalue weighted by Crippen LogP contribution is -2.28. The van der Waals surface area contributed by atoms with E-state index in [0.29, 0.717) is 5.15 Å². The molecule has 1 heterocycles. The zero-order chi connectivity index (χ0) is 10.0. The minimum Gasteiger partial charge on any atom is -0.385 e. The summed E-state index contributed by atoms with van der Waals surface area (Å²) in [6, 6.07) is 3.62. The summed E-state index contributed by atoms with van der Waals surface area (Å²) >= 11 is 5.70. The van der Waals surface area contributed by atoms with Crippen molar-refractivity contribution < 1.29 is 5.11 Å². The Balaban J connectivity index is 2.23. The van der Waals surface area contributed by atoms with Crippen molar-refractivity contribution in [3.8, 4) is 0 Å². The van der Waals surface area contributed by atoms with Crippen LogP contribution in [0.4, 0.5) is 0 Å². The Morgan fingerprint density at radius 2 is 1.93 bits per heavy atom. The van der Waals surface area contributed by atoms with Crippen molar-refractivity contribution in [2.75, 3.05) is 0 Å². The van der Waals surface area contributed by atoms with Gasteiger partial charge < -0.3 is 5.11 Å². The summed E-state index contributed by atoms with van der Waals surface area (Å²) in [6.07, 6.45) is 6.79. The second-order valence-corrected chi connectivity index (χ2v) is 4.35. The second kappa shape index (κ2) is 3.87. The Morgan fingerprint density at radius 1 is 1.21 bits per heavy atom. The van der Waals surface area contributed by atoms with Gasteiger partial charge in [0, 0.05) is 11.8 Å². The topological polar surface area (TPSA) is 33.1 Å². The van der Waals surface area contributed by atoms with Crippen LogP contribution < -0.4 is 0 Å². The van der Waals surface area contributed by atoms with Crippen LogP contribution >= 0.6 is 11.6 Å². The van der Waals surface area contributed by atoms with Gasteiger partial charge in [-0.05, 0) is 18.9 Å². The summed E-state index contributed by atoms with van der Waals surface area (Å²) in [5.41, 5.74) is 0.247. The van der Waals surface area contributed by atoms with Crippen LogP contribution in [0.5, 0.6) is 0 Å². The molecule has 0 spiro atoms. The van der Waals surface area contributed by atoms with E-state index in [1.54, 1.807) is 12.3 Å². The van der Waals surface area contributed by atoms with E-state index in [2.05, 4.69) is 4.98 Å². The van der Waals surface area contributed by atoms with Gasteiger partial charge in [0.15, 0.2) is 0 Å². The molecule has 1 aromatic rings. The van der Waals surface area contributed by atoms with Gasteiger partial charge in [-0.15, -0.1) is 0 Å². The quantitative estimate of drug-likeness (QED) is 0.725. The molecule has 0 amide bonds. The van der Waals surface area contributed by atoms with E-state index in [1.165, 1.54) is 6.42 Å². The lowest BCUT2D eigenvalue weighted by molar-refractivity contribution is -0.000917. The fourth-order valence-electron chi connectivity index (χ4n) is 2.08. The lowest BCUT2D eigenvalue weighted by atomic mass is 9.80. The van der Waals surface area contributed by atoms with E-state index < -0.39 is 5.60 Å². The standard InChI is InChI=1S/C11H14ClNO/c12-10-5-4-9(8-13-10)11(14)6-2-1-3-7-11/h4-5,8,14H,1-3,6-7H2. The van der Waals surface area contributed by atoms with Gasteiger partial charge in [0.2, 0.25) is 0 Å². The first-order chi connectivity index (χ1) is 6.71. The minimum atomic E-state index is -0.657. The van der Waals surface area contributed by atoms with Crippen LogP contribution in [0.1, 0.15) is 37.7 Å². The molecule has 0 aromatic carbocycles. The monoisotopic (exact) mass is 211 g/mol. The summed E-state index contributed by atoms with van der Waals surface area (Å²) in [5.74, 6) is 0. The summed E-state index contributed by atoms with van der Waals surface area (Å²) in [5, 5.41) is 10.8. The van der Waals surface area contributed by atoms with E-state index in [-0.39, 0.29) is 0 Å². The molecule has 3 heteroatoms. The third-order valence-electron chi connectivity index (χ3n) is 2.95. The normalized spacial score (nSPS) is 20.7. The van der Waals surface area contributed by atoms with Gasteiger partial charge in [-0.2, -0.15) is 0 Å². The molecule has 1 aliphatic rings. The van der Waals surface area contributed by atoms with Gasteiger partial charge in [-0.25, -0.2) is 4.98 Å². The zero-order valence-electron chi connectivity index (χ0n) is 8.04. The van der Waals surface area contributed by atoms with Crippen molar-refractivity contribution in [3.63, 3.8) is 0 Å². The molecule has 76 valence electrons. The summed E-state index contributed by atoms with van der Waals surface area (Å²) < 4.78 is 0. The molecule has 0 atom stereocenters. The fraction of sp³-hybridized carbons (Fsp3) is 0.545. The molecule has 0 aliphatic heterocycles. The van der Waals surface area contributed by atoms with Crippen LogP contribution in [0.25, 0.3) is 0 Å². The maximum absolute atomic E-state index is 10.4. The van der Waals surface area contributed by atoms with Gasteiger partial charge in [-0.3, -0.25) is 0 Å². The van der Waals surface area contributed by atoms with Crippen molar-refractivity contribution in [3.05, 3.63) is 29.0 Å². The molecule has 0 radical (unpaired) electrons. The molecule has 1 aromatic heterocycles. The maximum Gasteiger partial charge on any atom is 0.129 e. The largest absolute Gasteiger partial charge is 0.385 e. The number of hydrogen-bond donors (Lipinski definition) is 1. The highest BCUT2D eigenvalue weighted by molar-refractivity contribution is 6.29. The highest BCUT2D eigenvalue weighted by Crippen LogP contribution is 2.36. The predicted molar refractivity (Wildman–Crippen MR) is 56.2 cm³/mol. The average Bonchev–Trinajstić information content (AvgIpc) is 2.19. The highest BCUT2D eigenvalue weighted by atomic mass is 35.5. The summed E-state index contributed by atoms with van der Waals surface area (Å²) in [4.78, 5) is 4.00. The van der Waals surface area contributed by atoms with Crippen LogP contribution in [0.3, 0.4) is 0 Å². The molecule has 0 unspecified atom stereocenters. The Morgan fingerprint density at radius 3 is 2.50 bits per heavy atom. The fourth-order valence-corrected chi connectivity index (χ4v) is 2.19. The Labute approximate surface area is 88.9 Å². The highest BCUT2D eigenvalue weighted by Gasteiger charge is 2.31. The lowest BCUT2D eigenvalue weighted by Gasteiger charge is -2.32. The van der Waals surface area contributed by atoms with Crippen LogP contribution in [-0.2, 0) is 5.60 Å². The van der Waals surface area contributed by atoms with E-state index in [4.69, 9.17) is 11.6 Å². The zero-order valence-corrected chi connectivity index (χ0v) is 8.80. The maximum atomic E-state index is 10.4. The van der Waals surface area contributed by atoms with Crippen LogP contribution in [0.2, 0.25) is 5.15 Å². The van der Waals surface area contributed by atoms with Crippen LogP contribution in [0, 0.1) is 0 Å². The smallest absolute Gasteiger partial charge is 0.129 e. The molecule has 2 nitrogen and oxygen atoms in total. The molecular formula is C11H14ClNO. The summed E-state index contributed by atoms with van der Waals surface area (Å²) in [6.45, 7) is 0. The average molecular weight is 212 g/mol.